The van der Waals surface area contributed by atoms with Crippen LogP contribution in [0.1, 0.15) is 25.0 Å². The van der Waals surface area contributed by atoms with Crippen molar-refractivity contribution in [2.24, 2.45) is 0 Å². The van der Waals surface area contributed by atoms with Crippen LogP contribution in [0.3, 0.4) is 0 Å². The minimum absolute atomic E-state index is 0.0469. The Labute approximate surface area is 303 Å². The fraction of sp³-hybridized carbons (Fsp3) is 0.0588. The Morgan fingerprint density at radius 3 is 1.79 bits per heavy atom. The maximum atomic E-state index is 2.49. The van der Waals surface area contributed by atoms with Gasteiger partial charge in [0.1, 0.15) is 0 Å². The quantitative estimate of drug-likeness (QED) is 0.166. The zero-order valence-electron chi connectivity index (χ0n) is 29.2. The van der Waals surface area contributed by atoms with Crippen LogP contribution in [-0.2, 0) is 5.41 Å². The molecular weight excluding hydrogens is 627 g/mol. The lowest BCUT2D eigenvalue weighted by atomic mass is 9.81. The lowest BCUT2D eigenvalue weighted by Gasteiger charge is -2.22. The van der Waals surface area contributed by atoms with E-state index in [4.69, 9.17) is 0 Å². The summed E-state index contributed by atoms with van der Waals surface area (Å²) in [5.41, 5.74) is 14.1. The molecule has 1 nitrogen and oxygen atoms in total. The van der Waals surface area contributed by atoms with Gasteiger partial charge in [0.2, 0.25) is 0 Å². The number of rotatable bonds is 3. The van der Waals surface area contributed by atoms with E-state index in [-0.39, 0.29) is 5.41 Å². The molecule has 244 valence electrons. The minimum Gasteiger partial charge on any atom is -0.309 e. The van der Waals surface area contributed by atoms with Crippen LogP contribution in [0.25, 0.3) is 93.2 Å². The largest absolute Gasteiger partial charge is 0.309 e. The number of hydrogen-bond donors (Lipinski definition) is 0. The van der Waals surface area contributed by atoms with Crippen molar-refractivity contribution in [3.63, 3.8) is 0 Å². The molecule has 1 heterocycles. The zero-order valence-corrected chi connectivity index (χ0v) is 29.2. The van der Waals surface area contributed by atoms with Crippen LogP contribution < -0.4 is 0 Å². The molecule has 1 aliphatic rings. The summed E-state index contributed by atoms with van der Waals surface area (Å²) in [5.74, 6) is 0. The Bertz CT molecular complexity index is 3090. The predicted molar refractivity (Wildman–Crippen MR) is 222 cm³/mol. The second-order valence-electron chi connectivity index (χ2n) is 14.9. The highest BCUT2D eigenvalue weighted by Crippen LogP contribution is 2.51. The van der Waals surface area contributed by atoms with Crippen molar-refractivity contribution in [2.75, 3.05) is 0 Å². The molecule has 0 atom stereocenters. The fourth-order valence-corrected chi connectivity index (χ4v) is 9.31. The molecule has 0 aliphatic heterocycles. The van der Waals surface area contributed by atoms with Crippen LogP contribution in [0.15, 0.2) is 176 Å². The van der Waals surface area contributed by atoms with Crippen LogP contribution >= 0.6 is 0 Å². The third-order valence-corrected chi connectivity index (χ3v) is 11.8. The molecule has 10 aromatic rings. The molecule has 11 rings (SSSR count). The minimum atomic E-state index is -0.0469. The second kappa shape index (κ2) is 10.8. The van der Waals surface area contributed by atoms with Crippen molar-refractivity contribution in [3.8, 4) is 39.1 Å². The summed E-state index contributed by atoms with van der Waals surface area (Å²) in [6.07, 6.45) is 0. The van der Waals surface area contributed by atoms with Crippen molar-refractivity contribution in [2.45, 2.75) is 19.3 Å². The molecule has 0 amide bonds. The van der Waals surface area contributed by atoms with Gasteiger partial charge < -0.3 is 4.57 Å². The number of aromatic nitrogens is 1. The van der Waals surface area contributed by atoms with Crippen LogP contribution in [0.4, 0.5) is 0 Å². The van der Waals surface area contributed by atoms with Gasteiger partial charge in [0, 0.05) is 21.9 Å². The van der Waals surface area contributed by atoms with E-state index in [1.165, 1.54) is 104 Å². The number of para-hydroxylation sites is 2. The van der Waals surface area contributed by atoms with Crippen LogP contribution in [-0.4, -0.2) is 4.57 Å². The predicted octanol–water partition coefficient (Wildman–Crippen LogP) is 13.9. The van der Waals surface area contributed by atoms with Gasteiger partial charge in [-0.25, -0.2) is 0 Å². The molecule has 1 aliphatic carbocycles. The van der Waals surface area contributed by atoms with E-state index >= 15 is 0 Å². The Balaban J connectivity index is 1.11. The van der Waals surface area contributed by atoms with E-state index in [2.05, 4.69) is 194 Å². The van der Waals surface area contributed by atoms with E-state index in [1.54, 1.807) is 0 Å². The van der Waals surface area contributed by atoms with Gasteiger partial charge in [-0.05, 0) is 125 Å². The summed E-state index contributed by atoms with van der Waals surface area (Å²) in [6, 6.07) is 65.3. The molecule has 52 heavy (non-hydrogen) atoms. The molecule has 9 aromatic carbocycles. The van der Waals surface area contributed by atoms with Gasteiger partial charge in [-0.3, -0.25) is 0 Å². The average molecular weight is 662 g/mol. The Morgan fingerprint density at radius 2 is 0.942 bits per heavy atom. The smallest absolute Gasteiger partial charge is 0.0547 e. The van der Waals surface area contributed by atoms with E-state index < -0.39 is 0 Å². The molecule has 0 fully saturated rings. The van der Waals surface area contributed by atoms with Crippen LogP contribution in [0.2, 0.25) is 0 Å². The molecule has 0 unspecified atom stereocenters. The highest BCUT2D eigenvalue weighted by atomic mass is 15.0. The summed E-state index contributed by atoms with van der Waals surface area (Å²) in [7, 11) is 0. The average Bonchev–Trinajstić information content (AvgIpc) is 3.66. The maximum absolute atomic E-state index is 2.49. The van der Waals surface area contributed by atoms with E-state index in [0.717, 1.165) is 0 Å². The summed E-state index contributed by atoms with van der Waals surface area (Å²) in [6.45, 7) is 4.75. The van der Waals surface area contributed by atoms with Gasteiger partial charge in [0.05, 0.1) is 11.0 Å². The molecule has 0 spiro atoms. The van der Waals surface area contributed by atoms with Gasteiger partial charge in [-0.1, -0.05) is 141 Å². The molecule has 0 saturated carbocycles. The number of fused-ring (bicyclic) bond motifs is 12. The monoisotopic (exact) mass is 661 g/mol. The topological polar surface area (TPSA) is 4.93 Å². The molecule has 1 heteroatoms. The van der Waals surface area contributed by atoms with Gasteiger partial charge in [0.15, 0.2) is 0 Å². The summed E-state index contributed by atoms with van der Waals surface area (Å²) < 4.78 is 2.39. The molecule has 0 saturated heterocycles. The van der Waals surface area contributed by atoms with Gasteiger partial charge >= 0.3 is 0 Å². The lowest BCUT2D eigenvalue weighted by Crippen LogP contribution is -2.14. The number of benzene rings is 9. The van der Waals surface area contributed by atoms with E-state index in [0.29, 0.717) is 0 Å². The number of nitrogens with zero attached hydrogens (tertiary/aromatic N) is 1. The molecular formula is C51H35N. The standard InChI is InChI=1S/C51H35N/c1-51(2)46-23-10-8-20-40(46)45-30-43-38-19-7-6-18-37(38)42-29-33(26-27-39(42)44(43)31-47(45)51)32-14-12-15-34(28-32)36-22-13-25-49-50(36)41-21-9-11-24-48(41)52(49)35-16-4-3-5-17-35/h3-31H,1-2H3. The van der Waals surface area contributed by atoms with E-state index in [1.807, 2.05) is 0 Å². The maximum Gasteiger partial charge on any atom is 0.0547 e. The Hall–Kier alpha value is -6.44. The van der Waals surface area contributed by atoms with Gasteiger partial charge in [-0.2, -0.15) is 0 Å². The first-order valence-corrected chi connectivity index (χ1v) is 18.3. The molecule has 0 N–H and O–H groups in total. The normalized spacial score (nSPS) is 13.3. The highest BCUT2D eigenvalue weighted by molar-refractivity contribution is 6.26. The summed E-state index contributed by atoms with van der Waals surface area (Å²) in [4.78, 5) is 0. The first kappa shape index (κ1) is 29.3. The molecule has 0 radical (unpaired) electrons. The first-order chi connectivity index (χ1) is 25.6. The van der Waals surface area contributed by atoms with Crippen molar-refractivity contribution in [1.29, 1.82) is 0 Å². The summed E-state index contributed by atoms with van der Waals surface area (Å²) >= 11 is 0. The van der Waals surface area contributed by atoms with Crippen molar-refractivity contribution in [3.05, 3.63) is 187 Å². The lowest BCUT2D eigenvalue weighted by molar-refractivity contribution is 0.661. The van der Waals surface area contributed by atoms with Gasteiger partial charge in [0.25, 0.3) is 0 Å². The first-order valence-electron chi connectivity index (χ1n) is 18.3. The number of hydrogen-bond acceptors (Lipinski definition) is 0. The second-order valence-corrected chi connectivity index (χ2v) is 14.9. The Morgan fingerprint density at radius 1 is 0.346 bits per heavy atom. The molecule has 1 aromatic heterocycles. The SMILES string of the molecule is CC1(C)c2ccccc2-c2cc3c4ccccc4c4cc(-c5cccc(-c6cccc7c6c6ccccc6n7-c6ccccc6)c5)ccc4c3cc21. The van der Waals surface area contributed by atoms with Crippen LogP contribution in [0.5, 0.6) is 0 Å². The van der Waals surface area contributed by atoms with Crippen molar-refractivity contribution < 1.29 is 0 Å². The zero-order chi connectivity index (χ0) is 34.6. The molecule has 0 bridgehead atoms. The summed E-state index contributed by atoms with van der Waals surface area (Å²) in [5, 5.41) is 10.4. The van der Waals surface area contributed by atoms with Crippen LogP contribution in [0, 0.1) is 0 Å². The fourth-order valence-electron chi connectivity index (χ4n) is 9.31. The van der Waals surface area contributed by atoms with Crippen molar-refractivity contribution >= 4 is 54.1 Å². The Kier molecular flexibility index (Phi) is 6.08. The third-order valence-electron chi connectivity index (χ3n) is 11.8. The third kappa shape index (κ3) is 4.05. The van der Waals surface area contributed by atoms with Crippen molar-refractivity contribution in [1.82, 2.24) is 4.57 Å². The van der Waals surface area contributed by atoms with E-state index in [9.17, 15) is 0 Å². The highest BCUT2D eigenvalue weighted by Gasteiger charge is 2.35. The van der Waals surface area contributed by atoms with Gasteiger partial charge in [-0.15, -0.1) is 0 Å².